The fourth-order valence-electron chi connectivity index (χ4n) is 4.41. The fraction of sp³-hybridized carbons (Fsp3) is 0. The van der Waals surface area contributed by atoms with Gasteiger partial charge in [-0.05, 0) is 57.0 Å². The van der Waals surface area contributed by atoms with Crippen molar-refractivity contribution < 1.29 is 35.6 Å². The first-order chi connectivity index (χ1) is 30.1. The number of aromatic nitrogens is 1. The molecule has 1 heterocycles. The molecule has 0 saturated heterocycles. The normalized spacial score (nSPS) is 21.1. The molecule has 0 atom stereocenters. The van der Waals surface area contributed by atoms with Gasteiger partial charge in [-0.25, -0.2) is 0 Å². The Morgan fingerprint density at radius 2 is 0.974 bits per heavy atom. The summed E-state index contributed by atoms with van der Waals surface area (Å²) in [6.07, 6.45) is 0. The summed E-state index contributed by atoms with van der Waals surface area (Å²) in [6.45, 7) is 0. The van der Waals surface area contributed by atoms with E-state index in [1.165, 1.54) is 0 Å². The molecule has 0 aliphatic heterocycles. The lowest BCUT2D eigenvalue weighted by molar-refractivity contribution is 1.18. The molecule has 7 rings (SSSR count). The predicted octanol–water partition coefficient (Wildman–Crippen LogP) is 6.92. The Morgan fingerprint density at radius 3 is 1.59 bits per heavy atom. The van der Waals surface area contributed by atoms with Gasteiger partial charge in [-0.1, -0.05) is 137 Å². The molecular formula is C36H26BrNSi. The number of para-hydroxylation sites is 1. The highest BCUT2D eigenvalue weighted by Crippen LogP contribution is 2.33. The predicted molar refractivity (Wildman–Crippen MR) is 172 cm³/mol. The van der Waals surface area contributed by atoms with Crippen molar-refractivity contribution in [2.75, 3.05) is 0 Å². The van der Waals surface area contributed by atoms with Gasteiger partial charge in [0.25, 0.3) is 0 Å². The van der Waals surface area contributed by atoms with Crippen molar-refractivity contribution in [3.05, 3.63) is 162 Å². The Morgan fingerprint density at radius 1 is 0.462 bits per heavy atom. The number of fused-ring (bicyclic) bond motifs is 3. The third kappa shape index (κ3) is 3.89. The van der Waals surface area contributed by atoms with Crippen molar-refractivity contribution in [1.29, 1.82) is 0 Å². The number of hydrogen-bond acceptors (Lipinski definition) is 0. The van der Waals surface area contributed by atoms with E-state index in [0.29, 0.717) is 4.57 Å². The van der Waals surface area contributed by atoms with E-state index in [0.717, 1.165) is 0 Å². The van der Waals surface area contributed by atoms with Crippen LogP contribution in [0.4, 0.5) is 0 Å². The highest BCUT2D eigenvalue weighted by molar-refractivity contribution is 9.10. The molecule has 0 radical (unpaired) electrons. The van der Waals surface area contributed by atoms with Gasteiger partial charge in [0.05, 0.1) is 46.7 Å². The fourth-order valence-corrected chi connectivity index (χ4v) is 8.26. The molecule has 1 aromatic heterocycles. The van der Waals surface area contributed by atoms with Gasteiger partial charge >= 0.3 is 0 Å². The van der Waals surface area contributed by atoms with Crippen LogP contribution in [-0.4, -0.2) is 12.6 Å². The van der Waals surface area contributed by atoms with Gasteiger partial charge in [-0.3, -0.25) is 0 Å². The monoisotopic (exact) mass is 605 g/mol. The summed E-state index contributed by atoms with van der Waals surface area (Å²) in [6, 6.07) is -28.2. The van der Waals surface area contributed by atoms with Crippen molar-refractivity contribution in [1.82, 2.24) is 4.57 Å². The molecular weight excluding hydrogens is 554 g/mol. The molecule has 0 spiro atoms. The second-order valence-corrected chi connectivity index (χ2v) is 12.2. The zero-order valence-corrected chi connectivity index (χ0v) is 21.9. The van der Waals surface area contributed by atoms with Crippen molar-refractivity contribution in [2.24, 2.45) is 0 Å². The lowest BCUT2D eigenvalue weighted by Crippen LogP contribution is -2.74. The van der Waals surface area contributed by atoms with Crippen LogP contribution in [0.15, 0.2) is 162 Å². The van der Waals surface area contributed by atoms with Gasteiger partial charge in [-0.15, -0.1) is 0 Å². The van der Waals surface area contributed by atoms with E-state index in [2.05, 4.69) is 15.9 Å². The van der Waals surface area contributed by atoms with Gasteiger partial charge in [0.15, 0.2) is 8.07 Å². The van der Waals surface area contributed by atoms with Gasteiger partial charge in [0.1, 0.15) is 0 Å². The largest absolute Gasteiger partial charge is 0.309 e. The molecule has 0 bridgehead atoms. The van der Waals surface area contributed by atoms with Crippen molar-refractivity contribution in [3.8, 4) is 5.69 Å². The zero-order chi connectivity index (χ0) is 48.9. The Labute approximate surface area is 274 Å². The zero-order valence-electron chi connectivity index (χ0n) is 45.3. The lowest BCUT2D eigenvalue weighted by Gasteiger charge is -2.34. The minimum absolute atomic E-state index is 0.322. The van der Waals surface area contributed by atoms with Crippen LogP contribution < -0.4 is 20.7 Å². The Bertz CT molecular complexity index is 3030. The average Bonchev–Trinajstić information content (AvgIpc) is 3.62. The van der Waals surface area contributed by atoms with Crippen LogP contribution in [0.5, 0.6) is 0 Å². The van der Waals surface area contributed by atoms with Crippen molar-refractivity contribution >= 4 is 66.6 Å². The van der Waals surface area contributed by atoms with Crippen LogP contribution in [0.1, 0.15) is 35.6 Å². The maximum atomic E-state index is 10.1. The van der Waals surface area contributed by atoms with E-state index in [4.69, 9.17) is 21.9 Å². The molecule has 0 fully saturated rings. The van der Waals surface area contributed by atoms with Gasteiger partial charge < -0.3 is 4.57 Å². The first-order valence-corrected chi connectivity index (χ1v) is 13.9. The molecule has 6 aromatic carbocycles. The maximum Gasteiger partial charge on any atom is 0.179 e. The van der Waals surface area contributed by atoms with Gasteiger partial charge in [0, 0.05) is 20.9 Å². The minimum atomic E-state index is -6.30. The summed E-state index contributed by atoms with van der Waals surface area (Å²) in [5.74, 6) is 0. The lowest BCUT2D eigenvalue weighted by atomic mass is 10.2. The molecule has 3 heteroatoms. The topological polar surface area (TPSA) is 4.93 Å². The average molecular weight is 607 g/mol. The molecule has 7 aromatic rings. The molecule has 0 saturated carbocycles. The van der Waals surface area contributed by atoms with Crippen LogP contribution >= 0.6 is 15.9 Å². The first kappa shape index (κ1) is 8.92. The number of hydrogen-bond donors (Lipinski definition) is 0. The first-order valence-electron chi connectivity index (χ1n) is 24.1. The summed E-state index contributed by atoms with van der Waals surface area (Å²) in [5.41, 5.74) is -2.29. The standard InChI is InChI=1S/C36H26BrNSi/c37-27-23-24-36-34(25-27)33-21-10-11-22-35(33)38(36)28-13-12-20-32(26-28)39(29-14-4-1-5-15-29,30-16-6-2-7-17-30)31-18-8-3-9-19-31/h1-26H/i1D,2D,3D,4D,5D,6D,7D,8D,9D,10D,11D,12D,13D,14D,15D,16D,17D,18D,19D,20D,21D,22D,23D,24D,25D,26D. The van der Waals surface area contributed by atoms with Crippen LogP contribution in [0.2, 0.25) is 0 Å². The SMILES string of the molecule is [2H]c1c([2H])c([2H])c([Si](c2c([2H])c([2H])c([2H])c([2H])c2[2H])(c2c([2H])c([2H])c([2H])c([2H])c2[2H])c2c([2H])c([2H])c([2H])c(-n3c4c([2H])c([2H])c([2H])c([2H])c4c4c([2H])c(Br)c([2H])c([2H])c43)c2[2H])c([2H])c1[2H]. The summed E-state index contributed by atoms with van der Waals surface area (Å²) >= 11 is 3.08. The second kappa shape index (κ2) is 9.85. The summed E-state index contributed by atoms with van der Waals surface area (Å²) in [5, 5.41) is -5.41. The van der Waals surface area contributed by atoms with Crippen LogP contribution in [-0.2, 0) is 0 Å². The number of nitrogens with zero attached hydrogens (tertiary/aromatic N) is 1. The Kier molecular flexibility index (Phi) is 2.25. The summed E-state index contributed by atoms with van der Waals surface area (Å²) in [7, 11) is -6.30. The van der Waals surface area contributed by atoms with E-state index >= 15 is 0 Å². The van der Waals surface area contributed by atoms with E-state index in [9.17, 15) is 13.7 Å². The maximum absolute atomic E-state index is 10.1. The van der Waals surface area contributed by atoms with E-state index in [1.807, 2.05) is 0 Å². The highest BCUT2D eigenvalue weighted by atomic mass is 79.9. The smallest absolute Gasteiger partial charge is 0.179 e. The molecule has 0 unspecified atom stereocenters. The minimum Gasteiger partial charge on any atom is -0.309 e. The molecule has 186 valence electrons. The quantitative estimate of drug-likeness (QED) is 0.148. The molecule has 0 aliphatic rings. The molecule has 1 nitrogen and oxygen atoms in total. The van der Waals surface area contributed by atoms with Crippen molar-refractivity contribution in [3.63, 3.8) is 0 Å². The molecule has 0 N–H and O–H groups in total. The number of benzene rings is 6. The third-order valence-electron chi connectivity index (χ3n) is 5.96. The van der Waals surface area contributed by atoms with Crippen molar-refractivity contribution in [2.45, 2.75) is 0 Å². The Hall–Kier alpha value is -4.18. The van der Waals surface area contributed by atoms with Crippen LogP contribution in [0.3, 0.4) is 0 Å². The van der Waals surface area contributed by atoms with Crippen LogP contribution in [0, 0.1) is 0 Å². The van der Waals surface area contributed by atoms with E-state index < -0.39 is 213 Å². The van der Waals surface area contributed by atoms with Crippen LogP contribution in [0.25, 0.3) is 27.5 Å². The number of halogens is 1. The third-order valence-corrected chi connectivity index (χ3v) is 10.4. The van der Waals surface area contributed by atoms with E-state index in [1.54, 1.807) is 0 Å². The summed E-state index contributed by atoms with van der Waals surface area (Å²) < 4.78 is 235. The molecule has 0 amide bonds. The summed E-state index contributed by atoms with van der Waals surface area (Å²) in [4.78, 5) is 0. The number of rotatable bonds is 5. The van der Waals surface area contributed by atoms with E-state index in [-0.39, 0.29) is 4.47 Å². The molecule has 0 aliphatic carbocycles. The van der Waals surface area contributed by atoms with Gasteiger partial charge in [0.2, 0.25) is 0 Å². The second-order valence-electron chi connectivity index (χ2n) is 7.95. The Balaban J connectivity index is 1.99. The molecule has 39 heavy (non-hydrogen) atoms. The van der Waals surface area contributed by atoms with Gasteiger partial charge in [-0.2, -0.15) is 0 Å². The highest BCUT2D eigenvalue weighted by Gasteiger charge is 2.41.